The molecule has 0 aromatic carbocycles. The first-order chi connectivity index (χ1) is 7.15. The zero-order chi connectivity index (χ0) is 11.3. The van der Waals surface area contributed by atoms with Crippen LogP contribution in [0.15, 0.2) is 24.5 Å². The lowest BCUT2D eigenvalue weighted by atomic mass is 10.1. The minimum atomic E-state index is 0.371. The van der Waals surface area contributed by atoms with Crippen LogP contribution in [0.2, 0.25) is 0 Å². The molecule has 2 unspecified atom stereocenters. The summed E-state index contributed by atoms with van der Waals surface area (Å²) in [6.45, 7) is 7.42. The van der Waals surface area contributed by atoms with Gasteiger partial charge in [0.2, 0.25) is 0 Å². The van der Waals surface area contributed by atoms with Crippen LogP contribution in [0.1, 0.15) is 31.6 Å². The molecular weight excluding hydrogens is 204 g/mol. The fraction of sp³-hybridized carbons (Fsp3) is 0.583. The molecule has 0 amide bonds. The fourth-order valence-corrected chi connectivity index (χ4v) is 2.49. The van der Waals surface area contributed by atoms with Crippen LogP contribution < -0.4 is 5.73 Å². The first-order valence-electron chi connectivity index (χ1n) is 5.40. The molecule has 1 aromatic rings. The molecule has 0 aliphatic carbocycles. The standard InChI is InChI=1S/C12H20N2S/c1-9(2)10(3)15-12(7-13)11-5-4-6-14-8-11/h4-6,8-10,12H,7,13H2,1-3H3. The number of thioether (sulfide) groups is 1. The van der Waals surface area contributed by atoms with Crippen LogP contribution in [0.4, 0.5) is 0 Å². The quantitative estimate of drug-likeness (QED) is 0.836. The first kappa shape index (κ1) is 12.5. The zero-order valence-corrected chi connectivity index (χ0v) is 10.5. The van der Waals surface area contributed by atoms with Gasteiger partial charge in [-0.15, -0.1) is 11.8 Å². The van der Waals surface area contributed by atoms with Crippen LogP contribution in [0.3, 0.4) is 0 Å². The van der Waals surface area contributed by atoms with E-state index in [1.165, 1.54) is 5.56 Å². The monoisotopic (exact) mass is 224 g/mol. The van der Waals surface area contributed by atoms with Gasteiger partial charge in [-0.05, 0) is 17.5 Å². The van der Waals surface area contributed by atoms with E-state index < -0.39 is 0 Å². The highest BCUT2D eigenvalue weighted by atomic mass is 32.2. The molecule has 84 valence electrons. The number of nitrogens with two attached hydrogens (primary N) is 1. The van der Waals surface area contributed by atoms with Gasteiger partial charge in [0, 0.05) is 29.4 Å². The van der Waals surface area contributed by atoms with Crippen LogP contribution in [0.5, 0.6) is 0 Å². The highest BCUT2D eigenvalue weighted by Gasteiger charge is 2.16. The summed E-state index contributed by atoms with van der Waals surface area (Å²) in [6, 6.07) is 4.07. The molecule has 0 spiro atoms. The van der Waals surface area contributed by atoms with E-state index in [2.05, 4.69) is 31.8 Å². The summed E-state index contributed by atoms with van der Waals surface area (Å²) in [5.41, 5.74) is 7.04. The molecule has 3 heteroatoms. The third-order valence-corrected chi connectivity index (χ3v) is 4.35. The van der Waals surface area contributed by atoms with Gasteiger partial charge >= 0.3 is 0 Å². The second-order valence-corrected chi connectivity index (χ2v) is 5.68. The molecule has 0 saturated heterocycles. The average Bonchev–Trinajstić information content (AvgIpc) is 2.26. The normalized spacial score (nSPS) is 15.3. The van der Waals surface area contributed by atoms with Crippen molar-refractivity contribution in [3.05, 3.63) is 30.1 Å². The molecular formula is C12H20N2S. The van der Waals surface area contributed by atoms with Crippen LogP contribution in [-0.4, -0.2) is 16.8 Å². The Morgan fingerprint density at radius 1 is 1.40 bits per heavy atom. The zero-order valence-electron chi connectivity index (χ0n) is 9.68. The van der Waals surface area contributed by atoms with Gasteiger partial charge in [0.1, 0.15) is 0 Å². The van der Waals surface area contributed by atoms with Crippen molar-refractivity contribution in [1.82, 2.24) is 4.98 Å². The summed E-state index contributed by atoms with van der Waals surface area (Å²) in [4.78, 5) is 4.14. The van der Waals surface area contributed by atoms with E-state index in [-0.39, 0.29) is 0 Å². The van der Waals surface area contributed by atoms with Crippen molar-refractivity contribution >= 4 is 11.8 Å². The van der Waals surface area contributed by atoms with Gasteiger partial charge in [0.25, 0.3) is 0 Å². The second kappa shape index (κ2) is 6.13. The SMILES string of the molecule is CC(C)C(C)SC(CN)c1cccnc1. The second-order valence-electron chi connectivity index (χ2n) is 4.10. The molecule has 1 aromatic heterocycles. The van der Waals surface area contributed by atoms with Crippen molar-refractivity contribution < 1.29 is 0 Å². The van der Waals surface area contributed by atoms with Crippen LogP contribution in [0, 0.1) is 5.92 Å². The molecule has 1 heterocycles. The smallest absolute Gasteiger partial charge is 0.0437 e. The maximum atomic E-state index is 5.80. The fourth-order valence-electron chi connectivity index (χ4n) is 1.25. The Morgan fingerprint density at radius 3 is 2.60 bits per heavy atom. The van der Waals surface area contributed by atoms with Crippen LogP contribution in [-0.2, 0) is 0 Å². The molecule has 0 bridgehead atoms. The molecule has 0 radical (unpaired) electrons. The van der Waals surface area contributed by atoms with Crippen molar-refractivity contribution in [3.8, 4) is 0 Å². The summed E-state index contributed by atoms with van der Waals surface area (Å²) >= 11 is 1.94. The minimum Gasteiger partial charge on any atom is -0.329 e. The van der Waals surface area contributed by atoms with E-state index in [1.807, 2.05) is 24.0 Å². The van der Waals surface area contributed by atoms with Crippen molar-refractivity contribution in [1.29, 1.82) is 0 Å². The average molecular weight is 224 g/mol. The number of hydrogen-bond donors (Lipinski definition) is 1. The number of nitrogens with zero attached hydrogens (tertiary/aromatic N) is 1. The third-order valence-electron chi connectivity index (χ3n) is 2.59. The van der Waals surface area contributed by atoms with E-state index in [0.717, 1.165) is 0 Å². The Balaban J connectivity index is 2.65. The Kier molecular flexibility index (Phi) is 5.12. The number of aromatic nitrogens is 1. The van der Waals surface area contributed by atoms with Gasteiger partial charge < -0.3 is 5.73 Å². The van der Waals surface area contributed by atoms with E-state index in [0.29, 0.717) is 23.0 Å². The van der Waals surface area contributed by atoms with Gasteiger partial charge in [0.15, 0.2) is 0 Å². The Bertz CT molecular complexity index is 274. The topological polar surface area (TPSA) is 38.9 Å². The van der Waals surface area contributed by atoms with E-state index in [1.54, 1.807) is 6.20 Å². The molecule has 0 saturated carbocycles. The first-order valence-corrected chi connectivity index (χ1v) is 6.35. The highest BCUT2D eigenvalue weighted by Crippen LogP contribution is 2.33. The summed E-state index contributed by atoms with van der Waals surface area (Å²) in [5.74, 6) is 0.681. The molecule has 0 aliphatic rings. The number of pyridine rings is 1. The lowest BCUT2D eigenvalue weighted by Crippen LogP contribution is -2.15. The molecule has 15 heavy (non-hydrogen) atoms. The summed E-state index contributed by atoms with van der Waals surface area (Å²) < 4.78 is 0. The Morgan fingerprint density at radius 2 is 2.13 bits per heavy atom. The molecule has 0 fully saturated rings. The van der Waals surface area contributed by atoms with Crippen molar-refractivity contribution in [2.24, 2.45) is 11.7 Å². The van der Waals surface area contributed by atoms with Gasteiger partial charge in [-0.25, -0.2) is 0 Å². The van der Waals surface area contributed by atoms with Crippen molar-refractivity contribution in [2.45, 2.75) is 31.3 Å². The van der Waals surface area contributed by atoms with Gasteiger partial charge in [-0.2, -0.15) is 0 Å². The maximum absolute atomic E-state index is 5.80. The third kappa shape index (κ3) is 3.84. The Hall–Kier alpha value is -0.540. The van der Waals surface area contributed by atoms with E-state index in [4.69, 9.17) is 5.73 Å². The Labute approximate surface area is 96.7 Å². The predicted octanol–water partition coefficient (Wildman–Crippen LogP) is 2.86. The molecule has 0 aliphatic heterocycles. The van der Waals surface area contributed by atoms with Gasteiger partial charge in [-0.3, -0.25) is 4.98 Å². The largest absolute Gasteiger partial charge is 0.329 e. The summed E-state index contributed by atoms with van der Waals surface area (Å²) in [7, 11) is 0. The van der Waals surface area contributed by atoms with Crippen LogP contribution in [0.25, 0.3) is 0 Å². The van der Waals surface area contributed by atoms with E-state index in [9.17, 15) is 0 Å². The van der Waals surface area contributed by atoms with Crippen molar-refractivity contribution in [2.75, 3.05) is 6.54 Å². The maximum Gasteiger partial charge on any atom is 0.0437 e. The summed E-state index contributed by atoms with van der Waals surface area (Å²) in [5, 5.41) is 0.995. The number of hydrogen-bond acceptors (Lipinski definition) is 3. The molecule has 1 rings (SSSR count). The van der Waals surface area contributed by atoms with E-state index >= 15 is 0 Å². The van der Waals surface area contributed by atoms with Crippen LogP contribution >= 0.6 is 11.8 Å². The number of rotatable bonds is 5. The summed E-state index contributed by atoms with van der Waals surface area (Å²) in [6.07, 6.45) is 3.71. The minimum absolute atomic E-state index is 0.371. The van der Waals surface area contributed by atoms with Gasteiger partial charge in [0.05, 0.1) is 0 Å². The molecule has 2 N–H and O–H groups in total. The van der Waals surface area contributed by atoms with Gasteiger partial charge in [-0.1, -0.05) is 26.8 Å². The lowest BCUT2D eigenvalue weighted by Gasteiger charge is -2.22. The predicted molar refractivity (Wildman–Crippen MR) is 67.9 cm³/mol. The highest BCUT2D eigenvalue weighted by molar-refractivity contribution is 8.00. The van der Waals surface area contributed by atoms with Crippen molar-refractivity contribution in [3.63, 3.8) is 0 Å². The molecule has 2 atom stereocenters. The lowest BCUT2D eigenvalue weighted by molar-refractivity contribution is 0.639. The molecule has 2 nitrogen and oxygen atoms in total.